The van der Waals surface area contributed by atoms with Crippen molar-refractivity contribution in [3.63, 3.8) is 0 Å². The van der Waals surface area contributed by atoms with Crippen LogP contribution in [0.4, 0.5) is 5.69 Å². The van der Waals surface area contributed by atoms with Gasteiger partial charge in [-0.05, 0) is 39.1 Å². The van der Waals surface area contributed by atoms with E-state index in [0.717, 1.165) is 25.9 Å². The molecule has 0 unspecified atom stereocenters. The van der Waals surface area contributed by atoms with E-state index in [0.29, 0.717) is 23.0 Å². The van der Waals surface area contributed by atoms with Crippen molar-refractivity contribution in [3.8, 4) is 5.75 Å². The van der Waals surface area contributed by atoms with Crippen LogP contribution in [-0.2, 0) is 0 Å². The topological polar surface area (TPSA) is 58.8 Å². The molecule has 0 aliphatic carbocycles. The van der Waals surface area contributed by atoms with Gasteiger partial charge in [0.2, 0.25) is 0 Å². The smallest absolute Gasteiger partial charge is 0.257 e. The zero-order chi connectivity index (χ0) is 14.7. The molecule has 1 aromatic rings. The van der Waals surface area contributed by atoms with E-state index in [1.54, 1.807) is 25.3 Å². The summed E-state index contributed by atoms with van der Waals surface area (Å²) in [6.45, 7) is 1.55. The van der Waals surface area contributed by atoms with Gasteiger partial charge >= 0.3 is 0 Å². The molecule has 0 saturated carbocycles. The monoisotopic (exact) mass is 277 g/mol. The number of benzene rings is 1. The summed E-state index contributed by atoms with van der Waals surface area (Å²) in [4.78, 5) is 16.7. The standard InChI is InChI=1S/C15H23N3O2/c1-17(2)11-7-9-18(10-8-11)15(19)12-5-4-6-13(16)14(12)20-3/h4-6,11H,7-10,16H2,1-3H3. The van der Waals surface area contributed by atoms with E-state index in [1.165, 1.54) is 0 Å². The Morgan fingerprint density at radius 1 is 1.35 bits per heavy atom. The Hall–Kier alpha value is -1.75. The number of hydrogen-bond acceptors (Lipinski definition) is 4. The van der Waals surface area contributed by atoms with Gasteiger partial charge in [0.15, 0.2) is 5.75 Å². The second-order valence-corrected chi connectivity index (χ2v) is 5.42. The van der Waals surface area contributed by atoms with Gasteiger partial charge in [-0.3, -0.25) is 4.79 Å². The van der Waals surface area contributed by atoms with Gasteiger partial charge < -0.3 is 20.3 Å². The molecule has 1 aromatic carbocycles. The van der Waals surface area contributed by atoms with Gasteiger partial charge in [0.1, 0.15) is 0 Å². The first-order valence-electron chi connectivity index (χ1n) is 6.92. The SMILES string of the molecule is COc1c(N)cccc1C(=O)N1CCC(N(C)C)CC1. The third kappa shape index (κ3) is 2.88. The molecule has 5 heteroatoms. The van der Waals surface area contributed by atoms with Crippen molar-refractivity contribution in [1.82, 2.24) is 9.80 Å². The summed E-state index contributed by atoms with van der Waals surface area (Å²) < 4.78 is 5.27. The van der Waals surface area contributed by atoms with Gasteiger partial charge in [-0.25, -0.2) is 0 Å². The van der Waals surface area contributed by atoms with Gasteiger partial charge in [0.25, 0.3) is 5.91 Å². The average molecular weight is 277 g/mol. The second-order valence-electron chi connectivity index (χ2n) is 5.42. The third-order valence-corrected chi connectivity index (χ3v) is 3.96. The van der Waals surface area contributed by atoms with Crippen LogP contribution >= 0.6 is 0 Å². The Bertz CT molecular complexity index is 480. The molecule has 1 fully saturated rings. The zero-order valence-corrected chi connectivity index (χ0v) is 12.4. The molecule has 2 rings (SSSR count). The third-order valence-electron chi connectivity index (χ3n) is 3.96. The highest BCUT2D eigenvalue weighted by Crippen LogP contribution is 2.28. The Balaban J connectivity index is 2.11. The highest BCUT2D eigenvalue weighted by molar-refractivity contribution is 5.98. The molecule has 20 heavy (non-hydrogen) atoms. The van der Waals surface area contributed by atoms with E-state index in [4.69, 9.17) is 10.5 Å². The van der Waals surface area contributed by atoms with E-state index >= 15 is 0 Å². The first kappa shape index (κ1) is 14.7. The highest BCUT2D eigenvalue weighted by Gasteiger charge is 2.26. The Kier molecular flexibility index (Phi) is 4.49. The minimum Gasteiger partial charge on any atom is -0.494 e. The Morgan fingerprint density at radius 2 is 2.00 bits per heavy atom. The number of rotatable bonds is 3. The summed E-state index contributed by atoms with van der Waals surface area (Å²) in [5.74, 6) is 0.485. The molecular weight excluding hydrogens is 254 g/mol. The van der Waals surface area contributed by atoms with Gasteiger partial charge in [0, 0.05) is 19.1 Å². The predicted octanol–water partition coefficient (Wildman–Crippen LogP) is 1.44. The molecule has 2 N–H and O–H groups in total. The minimum absolute atomic E-state index is 0.00589. The molecule has 0 bridgehead atoms. The second kappa shape index (κ2) is 6.13. The van der Waals surface area contributed by atoms with Crippen LogP contribution in [0, 0.1) is 0 Å². The van der Waals surface area contributed by atoms with E-state index in [9.17, 15) is 4.79 Å². The minimum atomic E-state index is 0.00589. The van der Waals surface area contributed by atoms with Crippen LogP contribution in [0.5, 0.6) is 5.75 Å². The molecule has 1 aliphatic rings. The number of methoxy groups -OCH3 is 1. The van der Waals surface area contributed by atoms with Crippen molar-refractivity contribution in [1.29, 1.82) is 0 Å². The summed E-state index contributed by atoms with van der Waals surface area (Å²) in [6, 6.07) is 5.86. The maximum Gasteiger partial charge on any atom is 0.257 e. The van der Waals surface area contributed by atoms with Crippen LogP contribution < -0.4 is 10.5 Å². The highest BCUT2D eigenvalue weighted by atomic mass is 16.5. The van der Waals surface area contributed by atoms with Gasteiger partial charge in [0.05, 0.1) is 18.4 Å². The van der Waals surface area contributed by atoms with Crippen molar-refractivity contribution in [3.05, 3.63) is 23.8 Å². The molecule has 1 amide bonds. The predicted molar refractivity (Wildman–Crippen MR) is 80.0 cm³/mol. The van der Waals surface area contributed by atoms with E-state index in [1.807, 2.05) is 4.90 Å². The Labute approximate surface area is 120 Å². The lowest BCUT2D eigenvalue weighted by Gasteiger charge is -2.35. The number of nitrogens with zero attached hydrogens (tertiary/aromatic N) is 2. The molecule has 0 atom stereocenters. The molecule has 1 aliphatic heterocycles. The van der Waals surface area contributed by atoms with Crippen LogP contribution in [0.25, 0.3) is 0 Å². The number of para-hydroxylation sites is 1. The molecule has 1 heterocycles. The number of nitrogen functional groups attached to an aromatic ring is 1. The zero-order valence-electron chi connectivity index (χ0n) is 12.4. The number of nitrogens with two attached hydrogens (primary N) is 1. The van der Waals surface area contributed by atoms with Crippen LogP contribution in [0.1, 0.15) is 23.2 Å². The van der Waals surface area contributed by atoms with Gasteiger partial charge in [-0.15, -0.1) is 0 Å². The lowest BCUT2D eigenvalue weighted by atomic mass is 10.0. The fraction of sp³-hybridized carbons (Fsp3) is 0.533. The molecule has 0 radical (unpaired) electrons. The first-order valence-corrected chi connectivity index (χ1v) is 6.92. The number of amides is 1. The van der Waals surface area contributed by atoms with Crippen molar-refractivity contribution in [2.75, 3.05) is 40.0 Å². The molecular formula is C15H23N3O2. The maximum absolute atomic E-state index is 12.6. The van der Waals surface area contributed by atoms with Crippen molar-refractivity contribution in [2.24, 2.45) is 0 Å². The first-order chi connectivity index (χ1) is 9.54. The van der Waals surface area contributed by atoms with E-state index in [-0.39, 0.29) is 5.91 Å². The number of carbonyl (C=O) groups excluding carboxylic acids is 1. The normalized spacial score (nSPS) is 16.5. The van der Waals surface area contributed by atoms with Crippen LogP contribution in [0.2, 0.25) is 0 Å². The lowest BCUT2D eigenvalue weighted by molar-refractivity contribution is 0.0660. The number of ether oxygens (including phenoxy) is 1. The summed E-state index contributed by atoms with van der Waals surface area (Å²) in [7, 11) is 5.72. The maximum atomic E-state index is 12.6. The van der Waals surface area contributed by atoms with Crippen LogP contribution in [-0.4, -0.2) is 56.0 Å². The number of anilines is 1. The molecule has 1 saturated heterocycles. The van der Waals surface area contributed by atoms with Gasteiger partial charge in [-0.1, -0.05) is 6.07 Å². The summed E-state index contributed by atoms with van der Waals surface area (Å²) in [5.41, 5.74) is 6.91. The van der Waals surface area contributed by atoms with Crippen molar-refractivity contribution in [2.45, 2.75) is 18.9 Å². The van der Waals surface area contributed by atoms with E-state index in [2.05, 4.69) is 19.0 Å². The molecule has 0 aromatic heterocycles. The number of piperidine rings is 1. The largest absolute Gasteiger partial charge is 0.494 e. The number of likely N-dealkylation sites (tertiary alicyclic amines) is 1. The summed E-state index contributed by atoms with van der Waals surface area (Å²) in [5, 5.41) is 0. The number of carbonyl (C=O) groups is 1. The van der Waals surface area contributed by atoms with Crippen LogP contribution in [0.3, 0.4) is 0 Å². The number of hydrogen-bond donors (Lipinski definition) is 1. The Morgan fingerprint density at radius 3 is 2.55 bits per heavy atom. The molecule has 110 valence electrons. The fourth-order valence-corrected chi connectivity index (χ4v) is 2.71. The van der Waals surface area contributed by atoms with Crippen molar-refractivity contribution < 1.29 is 9.53 Å². The average Bonchev–Trinajstić information content (AvgIpc) is 2.46. The van der Waals surface area contributed by atoms with Crippen LogP contribution in [0.15, 0.2) is 18.2 Å². The van der Waals surface area contributed by atoms with E-state index < -0.39 is 0 Å². The van der Waals surface area contributed by atoms with Crippen molar-refractivity contribution >= 4 is 11.6 Å². The fourth-order valence-electron chi connectivity index (χ4n) is 2.71. The molecule has 0 spiro atoms. The lowest BCUT2D eigenvalue weighted by Crippen LogP contribution is -2.44. The summed E-state index contributed by atoms with van der Waals surface area (Å²) >= 11 is 0. The quantitative estimate of drug-likeness (QED) is 0.849. The van der Waals surface area contributed by atoms with Gasteiger partial charge in [-0.2, -0.15) is 0 Å². The summed E-state index contributed by atoms with van der Waals surface area (Å²) in [6.07, 6.45) is 2.01. The molecule has 5 nitrogen and oxygen atoms in total.